The summed E-state index contributed by atoms with van der Waals surface area (Å²) in [6.07, 6.45) is 6.13. The van der Waals surface area contributed by atoms with Crippen molar-refractivity contribution in [2.45, 2.75) is 46.0 Å². The molecule has 2 nitrogen and oxygen atoms in total. The van der Waals surface area contributed by atoms with Crippen molar-refractivity contribution in [1.29, 1.82) is 0 Å². The Labute approximate surface area is 79.9 Å². The number of nitrogens with two attached hydrogens (primary N) is 2. The van der Waals surface area contributed by atoms with Crippen molar-refractivity contribution < 1.29 is 0 Å². The van der Waals surface area contributed by atoms with E-state index in [0.717, 1.165) is 17.0 Å². The molecule has 0 aliphatic rings. The normalized spacial score (nSPS) is 12.9. The number of hydrogen-bond donors (Lipinski definition) is 2. The first-order chi connectivity index (χ1) is 5.72. The SMILES string of the molecule is CCCCCC/C(SN)=C(\C)N. The molecule has 0 aromatic carbocycles. The van der Waals surface area contributed by atoms with E-state index in [9.17, 15) is 0 Å². The maximum absolute atomic E-state index is 5.64. The second-order valence-electron chi connectivity index (χ2n) is 3.03. The third-order valence-corrected chi connectivity index (χ3v) is 2.65. The minimum absolute atomic E-state index is 0.874. The lowest BCUT2D eigenvalue weighted by Gasteiger charge is -2.04. The standard InChI is InChI=1S/C9H20N2S/c1-3-4-5-6-7-9(12-11)8(2)10/h3-7,10-11H2,1-2H3/b9-8-. The molecule has 4 N–H and O–H groups in total. The molecule has 0 amide bonds. The molecule has 3 heteroatoms. The summed E-state index contributed by atoms with van der Waals surface area (Å²) in [7, 11) is 0. The number of unbranched alkanes of at least 4 members (excludes halogenated alkanes) is 3. The smallest absolute Gasteiger partial charge is 0.0185 e. The fourth-order valence-corrected chi connectivity index (χ4v) is 1.51. The van der Waals surface area contributed by atoms with Gasteiger partial charge in [0.15, 0.2) is 0 Å². The monoisotopic (exact) mass is 188 g/mol. The predicted octanol–water partition coefficient (Wildman–Crippen LogP) is 2.75. The topological polar surface area (TPSA) is 52.0 Å². The van der Waals surface area contributed by atoms with Crippen molar-refractivity contribution in [3.05, 3.63) is 10.6 Å². The lowest BCUT2D eigenvalue weighted by Crippen LogP contribution is -1.98. The lowest BCUT2D eigenvalue weighted by molar-refractivity contribution is 0.670. The van der Waals surface area contributed by atoms with E-state index in [1.165, 1.54) is 37.6 Å². The zero-order valence-electron chi connectivity index (χ0n) is 8.10. The highest BCUT2D eigenvalue weighted by atomic mass is 32.2. The quantitative estimate of drug-likeness (QED) is 0.498. The van der Waals surface area contributed by atoms with Gasteiger partial charge < -0.3 is 5.73 Å². The van der Waals surface area contributed by atoms with Crippen molar-refractivity contribution in [3.63, 3.8) is 0 Å². The first kappa shape index (κ1) is 11.8. The molecule has 12 heavy (non-hydrogen) atoms. The van der Waals surface area contributed by atoms with Gasteiger partial charge in [0.05, 0.1) is 0 Å². The van der Waals surface area contributed by atoms with Gasteiger partial charge in [-0.25, -0.2) is 0 Å². The highest BCUT2D eigenvalue weighted by Crippen LogP contribution is 2.19. The Hall–Kier alpha value is -0.150. The van der Waals surface area contributed by atoms with Crippen LogP contribution in [0, 0.1) is 0 Å². The molecule has 0 spiro atoms. The van der Waals surface area contributed by atoms with Gasteiger partial charge in [-0.15, -0.1) is 0 Å². The molecule has 0 aliphatic heterocycles. The van der Waals surface area contributed by atoms with Crippen LogP contribution in [-0.4, -0.2) is 0 Å². The zero-order valence-corrected chi connectivity index (χ0v) is 8.91. The second-order valence-corrected chi connectivity index (χ2v) is 3.76. The van der Waals surface area contributed by atoms with Crippen LogP contribution in [0.4, 0.5) is 0 Å². The van der Waals surface area contributed by atoms with Crippen molar-refractivity contribution in [2.75, 3.05) is 0 Å². The van der Waals surface area contributed by atoms with Crippen LogP contribution in [0.3, 0.4) is 0 Å². The fourth-order valence-electron chi connectivity index (χ4n) is 1.06. The molecule has 0 saturated heterocycles. The minimum atomic E-state index is 0.874. The molecule has 0 radical (unpaired) electrons. The van der Waals surface area contributed by atoms with E-state index >= 15 is 0 Å². The Balaban J connectivity index is 3.53. The summed E-state index contributed by atoms with van der Waals surface area (Å²) in [5.74, 6) is 0. The van der Waals surface area contributed by atoms with E-state index in [0.29, 0.717) is 0 Å². The van der Waals surface area contributed by atoms with Crippen LogP contribution >= 0.6 is 11.9 Å². The Bertz CT molecular complexity index is 139. The summed E-state index contributed by atoms with van der Waals surface area (Å²) in [5, 5.41) is 5.47. The maximum atomic E-state index is 5.64. The summed E-state index contributed by atoms with van der Waals surface area (Å²) in [4.78, 5) is 1.14. The Morgan fingerprint density at radius 1 is 1.25 bits per heavy atom. The van der Waals surface area contributed by atoms with Crippen LogP contribution in [0.25, 0.3) is 0 Å². The molecule has 0 fully saturated rings. The molecule has 0 aliphatic carbocycles. The van der Waals surface area contributed by atoms with Crippen LogP contribution in [0.1, 0.15) is 46.0 Å². The Morgan fingerprint density at radius 2 is 1.92 bits per heavy atom. The first-order valence-electron chi connectivity index (χ1n) is 4.54. The number of allylic oxidation sites excluding steroid dienone is 2. The molecule has 0 bridgehead atoms. The molecule has 0 atom stereocenters. The Kier molecular flexibility index (Phi) is 7.40. The summed E-state index contributed by atoms with van der Waals surface area (Å²) >= 11 is 1.29. The van der Waals surface area contributed by atoms with Gasteiger partial charge in [0.2, 0.25) is 0 Å². The van der Waals surface area contributed by atoms with Crippen LogP contribution in [0.5, 0.6) is 0 Å². The third kappa shape index (κ3) is 5.49. The van der Waals surface area contributed by atoms with E-state index in [2.05, 4.69) is 6.92 Å². The van der Waals surface area contributed by atoms with Crippen molar-refractivity contribution in [1.82, 2.24) is 0 Å². The van der Waals surface area contributed by atoms with E-state index in [-0.39, 0.29) is 0 Å². The van der Waals surface area contributed by atoms with Gasteiger partial charge in [0, 0.05) is 10.6 Å². The molecule has 0 saturated carbocycles. The molecular formula is C9H20N2S. The van der Waals surface area contributed by atoms with Crippen LogP contribution in [-0.2, 0) is 0 Å². The molecule has 72 valence electrons. The predicted molar refractivity (Wildman–Crippen MR) is 57.4 cm³/mol. The molecule has 0 aromatic rings. The Morgan fingerprint density at radius 3 is 2.33 bits per heavy atom. The first-order valence-corrected chi connectivity index (χ1v) is 5.42. The summed E-state index contributed by atoms with van der Waals surface area (Å²) in [6, 6.07) is 0. The lowest BCUT2D eigenvalue weighted by atomic mass is 10.1. The maximum Gasteiger partial charge on any atom is 0.0185 e. The molecule has 0 aromatic heterocycles. The number of hydrogen-bond acceptors (Lipinski definition) is 3. The second kappa shape index (κ2) is 7.50. The van der Waals surface area contributed by atoms with Crippen molar-refractivity contribution in [2.24, 2.45) is 10.9 Å². The van der Waals surface area contributed by atoms with E-state index in [1.807, 2.05) is 6.92 Å². The van der Waals surface area contributed by atoms with E-state index < -0.39 is 0 Å². The largest absolute Gasteiger partial charge is 0.402 e. The summed E-state index contributed by atoms with van der Waals surface area (Å²) < 4.78 is 0. The fraction of sp³-hybridized carbons (Fsp3) is 0.778. The van der Waals surface area contributed by atoms with Gasteiger partial charge in [-0.1, -0.05) is 38.1 Å². The number of rotatable bonds is 6. The van der Waals surface area contributed by atoms with E-state index in [4.69, 9.17) is 10.9 Å². The van der Waals surface area contributed by atoms with Gasteiger partial charge in [-0.05, 0) is 19.8 Å². The van der Waals surface area contributed by atoms with Crippen molar-refractivity contribution >= 4 is 11.9 Å². The van der Waals surface area contributed by atoms with Crippen LogP contribution < -0.4 is 10.9 Å². The highest BCUT2D eigenvalue weighted by Gasteiger charge is 1.98. The minimum Gasteiger partial charge on any atom is -0.402 e. The average molecular weight is 188 g/mol. The van der Waals surface area contributed by atoms with Crippen LogP contribution in [0.15, 0.2) is 10.6 Å². The molecular weight excluding hydrogens is 168 g/mol. The summed E-state index contributed by atoms with van der Waals surface area (Å²) in [5.41, 5.74) is 6.51. The van der Waals surface area contributed by atoms with E-state index in [1.54, 1.807) is 0 Å². The molecule has 0 heterocycles. The molecule has 0 rings (SSSR count). The zero-order chi connectivity index (χ0) is 9.40. The summed E-state index contributed by atoms with van der Waals surface area (Å²) in [6.45, 7) is 4.12. The van der Waals surface area contributed by atoms with Gasteiger partial charge in [0.1, 0.15) is 0 Å². The van der Waals surface area contributed by atoms with Gasteiger partial charge in [-0.3, -0.25) is 5.14 Å². The van der Waals surface area contributed by atoms with Gasteiger partial charge >= 0.3 is 0 Å². The third-order valence-electron chi connectivity index (χ3n) is 1.84. The van der Waals surface area contributed by atoms with Crippen LogP contribution in [0.2, 0.25) is 0 Å². The van der Waals surface area contributed by atoms with Crippen molar-refractivity contribution in [3.8, 4) is 0 Å². The molecule has 0 unspecified atom stereocenters. The van der Waals surface area contributed by atoms with Gasteiger partial charge in [0.25, 0.3) is 0 Å². The highest BCUT2D eigenvalue weighted by molar-refractivity contribution is 8.00. The average Bonchev–Trinajstić information content (AvgIpc) is 2.04. The van der Waals surface area contributed by atoms with Gasteiger partial charge in [-0.2, -0.15) is 0 Å².